The number of guanidine groups is 1. The van der Waals surface area contributed by atoms with Gasteiger partial charge in [-0.05, 0) is 0 Å². The third-order valence-corrected chi connectivity index (χ3v) is 6.52. The van der Waals surface area contributed by atoms with Crippen molar-refractivity contribution < 1.29 is 12.9 Å². The lowest BCUT2D eigenvalue weighted by Crippen LogP contribution is -2.53. The van der Waals surface area contributed by atoms with Gasteiger partial charge < -0.3 is 14.7 Å². The molecule has 0 amide bonds. The van der Waals surface area contributed by atoms with Crippen molar-refractivity contribution in [2.24, 2.45) is 4.99 Å². The van der Waals surface area contributed by atoms with Crippen LogP contribution in [-0.4, -0.2) is 105 Å². The second-order valence-electron chi connectivity index (χ2n) is 6.72. The zero-order valence-corrected chi connectivity index (χ0v) is 18.9. The molecule has 2 fully saturated rings. The Morgan fingerprint density at radius 1 is 1.19 bits per heavy atom. The Hall–Kier alpha value is -0.920. The summed E-state index contributed by atoms with van der Waals surface area (Å²) in [7, 11) is -1.01. The topological polar surface area (TPSA) is 94.3 Å². The Labute approximate surface area is 178 Å². The molecule has 0 bridgehead atoms. The number of hydrogen-bond acceptors (Lipinski definition) is 7. The highest BCUT2D eigenvalue weighted by atomic mass is 127. The zero-order valence-electron chi connectivity index (χ0n) is 15.7. The first kappa shape index (κ1) is 22.4. The van der Waals surface area contributed by atoms with Crippen LogP contribution >= 0.6 is 24.0 Å². The molecule has 0 radical (unpaired) electrons. The average molecular weight is 512 g/mol. The first-order valence-electron chi connectivity index (χ1n) is 9.06. The van der Waals surface area contributed by atoms with Gasteiger partial charge in [-0.15, -0.1) is 24.0 Å². The lowest BCUT2D eigenvalue weighted by atomic mass is 10.3. The summed E-state index contributed by atoms with van der Waals surface area (Å²) in [4.78, 5) is 11.2. The van der Waals surface area contributed by atoms with Crippen LogP contribution in [0.2, 0.25) is 0 Å². The number of hydrogen-bond donors (Lipinski definition) is 1. The van der Waals surface area contributed by atoms with E-state index in [-0.39, 0.29) is 35.5 Å². The monoisotopic (exact) mass is 512 g/mol. The van der Waals surface area contributed by atoms with Crippen LogP contribution in [0.4, 0.5) is 0 Å². The van der Waals surface area contributed by atoms with Crippen molar-refractivity contribution >= 4 is 39.8 Å². The van der Waals surface area contributed by atoms with Gasteiger partial charge in [-0.3, -0.25) is 14.8 Å². The normalized spacial score (nSPS) is 21.7. The van der Waals surface area contributed by atoms with Crippen LogP contribution < -0.4 is 5.32 Å². The zero-order chi connectivity index (χ0) is 18.4. The number of sulfone groups is 1. The molecular formula is C16H29IN6O3S. The molecular weight excluding hydrogens is 483 g/mol. The molecule has 154 valence electrons. The van der Waals surface area contributed by atoms with Gasteiger partial charge in [-0.2, -0.15) is 0 Å². The summed E-state index contributed by atoms with van der Waals surface area (Å²) in [5.74, 6) is 1.46. The van der Waals surface area contributed by atoms with Crippen molar-refractivity contribution in [2.45, 2.75) is 6.54 Å². The number of nitrogens with one attached hydrogen (secondary N) is 1. The Morgan fingerprint density at radius 3 is 2.48 bits per heavy atom. The van der Waals surface area contributed by atoms with Gasteiger partial charge in [0.2, 0.25) is 0 Å². The molecule has 27 heavy (non-hydrogen) atoms. The quantitative estimate of drug-likeness (QED) is 0.327. The summed E-state index contributed by atoms with van der Waals surface area (Å²) in [6, 6.07) is 1.90. The summed E-state index contributed by atoms with van der Waals surface area (Å²) >= 11 is 0. The van der Waals surface area contributed by atoms with Crippen LogP contribution in [0.15, 0.2) is 21.8 Å². The van der Waals surface area contributed by atoms with Gasteiger partial charge in [0.15, 0.2) is 15.8 Å². The highest BCUT2D eigenvalue weighted by Crippen LogP contribution is 2.07. The van der Waals surface area contributed by atoms with Crippen molar-refractivity contribution in [3.63, 3.8) is 0 Å². The third kappa shape index (κ3) is 6.88. The lowest BCUT2D eigenvalue weighted by molar-refractivity contribution is 0.168. The number of nitrogens with zero attached hydrogens (tertiary/aromatic N) is 5. The van der Waals surface area contributed by atoms with E-state index in [9.17, 15) is 8.42 Å². The van der Waals surface area contributed by atoms with Crippen molar-refractivity contribution in [3.05, 3.63) is 18.0 Å². The SMILES string of the molecule is CN=C(NCCN1CCS(=O)(=O)CC1)N1CCN(Cc2ccon2)CC1.I. The van der Waals surface area contributed by atoms with Gasteiger partial charge in [-0.1, -0.05) is 5.16 Å². The van der Waals surface area contributed by atoms with Gasteiger partial charge in [-0.25, -0.2) is 8.42 Å². The number of aromatic nitrogens is 1. The van der Waals surface area contributed by atoms with Crippen molar-refractivity contribution in [3.8, 4) is 0 Å². The largest absolute Gasteiger partial charge is 0.364 e. The molecule has 1 N–H and O–H groups in total. The van der Waals surface area contributed by atoms with E-state index in [0.29, 0.717) is 13.1 Å². The van der Waals surface area contributed by atoms with E-state index in [4.69, 9.17) is 4.52 Å². The fourth-order valence-corrected chi connectivity index (χ4v) is 4.57. The summed E-state index contributed by atoms with van der Waals surface area (Å²) in [5.41, 5.74) is 0.963. The van der Waals surface area contributed by atoms with Crippen LogP contribution in [-0.2, 0) is 16.4 Å². The molecule has 0 aliphatic carbocycles. The van der Waals surface area contributed by atoms with E-state index < -0.39 is 9.84 Å². The summed E-state index contributed by atoms with van der Waals surface area (Å²) < 4.78 is 27.8. The minimum absolute atomic E-state index is 0. The molecule has 0 aromatic carbocycles. The molecule has 0 unspecified atom stereocenters. The number of halogens is 1. The number of aliphatic imine (C=N–C) groups is 1. The minimum Gasteiger partial charge on any atom is -0.364 e. The molecule has 3 rings (SSSR count). The van der Waals surface area contributed by atoms with Crippen LogP contribution in [0.3, 0.4) is 0 Å². The van der Waals surface area contributed by atoms with Crippen molar-refractivity contribution in [1.29, 1.82) is 0 Å². The molecule has 1 aromatic rings. The van der Waals surface area contributed by atoms with Crippen LogP contribution in [0.25, 0.3) is 0 Å². The van der Waals surface area contributed by atoms with Crippen molar-refractivity contribution in [2.75, 3.05) is 70.9 Å². The molecule has 9 nitrogen and oxygen atoms in total. The predicted octanol–water partition coefficient (Wildman–Crippen LogP) is -0.284. The van der Waals surface area contributed by atoms with E-state index in [1.807, 2.05) is 6.07 Å². The maximum atomic E-state index is 11.5. The minimum atomic E-state index is -2.81. The van der Waals surface area contributed by atoms with E-state index in [1.165, 1.54) is 0 Å². The Bertz CT molecular complexity index is 675. The standard InChI is InChI=1S/C16H28N6O3S.HI/c1-17-16(18-3-4-20-9-12-26(23,24)13-10-20)22-7-5-21(6-8-22)14-15-2-11-25-19-15;/h2,11H,3-10,12-14H2,1H3,(H,17,18);1H. The van der Waals surface area contributed by atoms with Gasteiger partial charge in [0.1, 0.15) is 6.26 Å². The molecule has 3 heterocycles. The van der Waals surface area contributed by atoms with Crippen LogP contribution in [0, 0.1) is 0 Å². The van der Waals surface area contributed by atoms with Crippen molar-refractivity contribution in [1.82, 2.24) is 25.2 Å². The van der Waals surface area contributed by atoms with E-state index in [2.05, 4.69) is 30.2 Å². The van der Waals surface area contributed by atoms with Gasteiger partial charge in [0, 0.05) is 72.0 Å². The highest BCUT2D eigenvalue weighted by molar-refractivity contribution is 14.0. The molecule has 2 saturated heterocycles. The van der Waals surface area contributed by atoms with E-state index in [1.54, 1.807) is 13.3 Å². The second-order valence-corrected chi connectivity index (χ2v) is 9.03. The Kier molecular flexibility index (Phi) is 8.76. The van der Waals surface area contributed by atoms with E-state index >= 15 is 0 Å². The summed E-state index contributed by atoms with van der Waals surface area (Å²) in [6.07, 6.45) is 1.61. The van der Waals surface area contributed by atoms with E-state index in [0.717, 1.165) is 57.5 Å². The molecule has 2 aliphatic heterocycles. The average Bonchev–Trinajstić information content (AvgIpc) is 3.14. The van der Waals surface area contributed by atoms with Gasteiger partial charge >= 0.3 is 0 Å². The number of rotatable bonds is 5. The fraction of sp³-hybridized carbons (Fsp3) is 0.750. The van der Waals surface area contributed by atoms with Gasteiger partial charge in [0.05, 0.1) is 17.2 Å². The maximum absolute atomic E-state index is 11.5. The van der Waals surface area contributed by atoms with Crippen LogP contribution in [0.1, 0.15) is 5.69 Å². The lowest BCUT2D eigenvalue weighted by Gasteiger charge is -2.36. The highest BCUT2D eigenvalue weighted by Gasteiger charge is 2.22. The molecule has 11 heteroatoms. The Balaban J connectivity index is 0.00000261. The smallest absolute Gasteiger partial charge is 0.193 e. The maximum Gasteiger partial charge on any atom is 0.193 e. The molecule has 0 saturated carbocycles. The molecule has 0 atom stereocenters. The van der Waals surface area contributed by atoms with Gasteiger partial charge in [0.25, 0.3) is 0 Å². The Morgan fingerprint density at radius 2 is 1.89 bits per heavy atom. The van der Waals surface area contributed by atoms with Crippen LogP contribution in [0.5, 0.6) is 0 Å². The summed E-state index contributed by atoms with van der Waals surface area (Å²) in [5, 5.41) is 7.37. The predicted molar refractivity (Wildman–Crippen MR) is 115 cm³/mol. The first-order valence-corrected chi connectivity index (χ1v) is 10.9. The number of piperazine rings is 1. The molecule has 2 aliphatic rings. The summed E-state index contributed by atoms with van der Waals surface area (Å²) in [6.45, 7) is 7.42. The fourth-order valence-electron chi connectivity index (χ4n) is 3.30. The second kappa shape index (κ2) is 10.6. The first-order chi connectivity index (χ1) is 12.6. The third-order valence-electron chi connectivity index (χ3n) is 4.91. The molecule has 0 spiro atoms. The molecule has 1 aromatic heterocycles.